The Balaban J connectivity index is 2.04. The average molecular weight is 372 g/mol. The summed E-state index contributed by atoms with van der Waals surface area (Å²) < 4.78 is 6.13. The first-order chi connectivity index (χ1) is 13.3. The molecule has 4 aromatic carbocycles. The van der Waals surface area contributed by atoms with Crippen molar-refractivity contribution in [2.24, 2.45) is 0 Å². The summed E-state index contributed by atoms with van der Waals surface area (Å²) in [6, 6.07) is 11.2. The Kier molecular flexibility index (Phi) is 3.17. The average Bonchev–Trinajstić information content (AvgIpc) is 2.59. The zero-order valence-electron chi connectivity index (χ0n) is 15.2. The lowest BCUT2D eigenvalue weighted by atomic mass is 9.98. The fourth-order valence-electron chi connectivity index (χ4n) is 4.07. The number of rotatable bonds is 0. The van der Waals surface area contributed by atoms with Gasteiger partial charge in [-0.05, 0) is 66.1 Å². The summed E-state index contributed by atoms with van der Waals surface area (Å²) in [6.45, 7) is 3.71. The molecule has 28 heavy (non-hydrogen) atoms. The first kappa shape index (κ1) is 16.4. The molecule has 0 aliphatic rings. The van der Waals surface area contributed by atoms with Crippen LogP contribution >= 0.6 is 0 Å². The molecule has 0 spiro atoms. The Morgan fingerprint density at radius 2 is 1.50 bits per heavy atom. The Morgan fingerprint density at radius 1 is 0.750 bits per heavy atom. The molecule has 0 amide bonds. The van der Waals surface area contributed by atoms with Crippen LogP contribution in [0.4, 0.5) is 0 Å². The van der Waals surface area contributed by atoms with Crippen LogP contribution in [0.3, 0.4) is 0 Å². The van der Waals surface area contributed by atoms with Gasteiger partial charge in [0.05, 0.1) is 10.8 Å². The third-order valence-corrected chi connectivity index (χ3v) is 5.29. The Labute approximate surface area is 158 Å². The summed E-state index contributed by atoms with van der Waals surface area (Å²) in [4.78, 5) is 11.8. The van der Waals surface area contributed by atoms with E-state index >= 15 is 0 Å². The van der Waals surface area contributed by atoms with Crippen molar-refractivity contribution in [3.8, 4) is 17.2 Å². The normalized spacial score (nSPS) is 11.8. The molecule has 5 nitrogen and oxygen atoms in total. The van der Waals surface area contributed by atoms with Gasteiger partial charge < -0.3 is 19.7 Å². The molecular weight excluding hydrogens is 356 g/mol. The Morgan fingerprint density at radius 3 is 2.29 bits per heavy atom. The molecule has 0 atom stereocenters. The molecule has 5 rings (SSSR count). The maximum atomic E-state index is 11.8. The first-order valence-electron chi connectivity index (χ1n) is 8.82. The van der Waals surface area contributed by atoms with Gasteiger partial charge in [-0.3, -0.25) is 4.79 Å². The third kappa shape index (κ3) is 2.16. The highest BCUT2D eigenvalue weighted by atomic mass is 16.3. The summed E-state index contributed by atoms with van der Waals surface area (Å²) >= 11 is 0. The minimum absolute atomic E-state index is 0.0780. The molecular formula is C23H16O5. The van der Waals surface area contributed by atoms with Gasteiger partial charge >= 0.3 is 0 Å². The lowest BCUT2D eigenvalue weighted by molar-refractivity contribution is 0.475. The number of aryl methyl sites for hydroxylation is 2. The summed E-state index contributed by atoms with van der Waals surface area (Å²) in [5.74, 6) is 0.0369. The molecule has 0 bridgehead atoms. The molecule has 0 saturated carbocycles. The van der Waals surface area contributed by atoms with E-state index in [1.54, 1.807) is 18.2 Å². The van der Waals surface area contributed by atoms with E-state index in [9.17, 15) is 20.1 Å². The number of aromatic hydroxyl groups is 3. The van der Waals surface area contributed by atoms with Gasteiger partial charge in [-0.15, -0.1) is 0 Å². The summed E-state index contributed by atoms with van der Waals surface area (Å²) in [6.07, 6.45) is 0. The van der Waals surface area contributed by atoms with Gasteiger partial charge in [0.1, 0.15) is 28.4 Å². The number of hydrogen-bond donors (Lipinski definition) is 3. The second kappa shape index (κ2) is 5.39. The number of phenols is 3. The minimum atomic E-state index is -0.279. The molecule has 0 radical (unpaired) electrons. The van der Waals surface area contributed by atoms with Crippen molar-refractivity contribution in [3.05, 3.63) is 63.8 Å². The molecule has 1 aromatic heterocycles. The van der Waals surface area contributed by atoms with Gasteiger partial charge in [0.15, 0.2) is 5.43 Å². The van der Waals surface area contributed by atoms with Crippen molar-refractivity contribution in [1.29, 1.82) is 0 Å². The van der Waals surface area contributed by atoms with Crippen LogP contribution < -0.4 is 5.43 Å². The van der Waals surface area contributed by atoms with E-state index in [0.29, 0.717) is 38.1 Å². The summed E-state index contributed by atoms with van der Waals surface area (Å²) in [5.41, 5.74) is 2.19. The number of benzene rings is 4. The zero-order valence-corrected chi connectivity index (χ0v) is 15.2. The van der Waals surface area contributed by atoms with Crippen LogP contribution in [0.2, 0.25) is 0 Å². The van der Waals surface area contributed by atoms with Crippen LogP contribution in [0.25, 0.3) is 43.5 Å². The smallest absolute Gasteiger partial charge is 0.182 e. The Hall–Kier alpha value is -3.73. The second-order valence-electron chi connectivity index (χ2n) is 7.22. The van der Waals surface area contributed by atoms with E-state index < -0.39 is 0 Å². The van der Waals surface area contributed by atoms with Crippen LogP contribution in [0, 0.1) is 13.8 Å². The topological polar surface area (TPSA) is 90.9 Å². The van der Waals surface area contributed by atoms with Crippen LogP contribution in [-0.4, -0.2) is 15.3 Å². The standard InChI is InChI=1S/C23H16O5/c1-10-3-12-5-15(25)8-18(26)21(12)23-16(10)9-17-19(28-23)7-13-6-14(24)4-11(2)20(13)22(17)27/h3-9,24,26-27H,1-2H3. The van der Waals surface area contributed by atoms with Crippen molar-refractivity contribution in [2.45, 2.75) is 13.8 Å². The quantitative estimate of drug-likeness (QED) is 0.263. The second-order valence-corrected chi connectivity index (χ2v) is 7.22. The van der Waals surface area contributed by atoms with E-state index in [0.717, 1.165) is 22.6 Å². The minimum Gasteiger partial charge on any atom is -0.508 e. The van der Waals surface area contributed by atoms with Crippen LogP contribution in [0.15, 0.2) is 51.7 Å². The maximum absolute atomic E-state index is 11.8. The molecule has 5 heteroatoms. The summed E-state index contributed by atoms with van der Waals surface area (Å²) in [5, 5.41) is 34.8. The monoisotopic (exact) mass is 372 g/mol. The molecule has 0 saturated heterocycles. The van der Waals surface area contributed by atoms with Crippen molar-refractivity contribution < 1.29 is 19.7 Å². The number of fused-ring (bicyclic) bond motifs is 5. The van der Waals surface area contributed by atoms with Crippen LogP contribution in [0.5, 0.6) is 17.2 Å². The number of hydrogen-bond acceptors (Lipinski definition) is 5. The predicted molar refractivity (Wildman–Crippen MR) is 109 cm³/mol. The molecule has 5 aromatic rings. The fraction of sp³-hybridized carbons (Fsp3) is 0.0870. The molecule has 1 heterocycles. The van der Waals surface area contributed by atoms with Crippen molar-refractivity contribution >= 4 is 43.5 Å². The molecule has 0 aliphatic heterocycles. The first-order valence-corrected chi connectivity index (χ1v) is 8.82. The highest BCUT2D eigenvalue weighted by molar-refractivity contribution is 6.13. The van der Waals surface area contributed by atoms with Gasteiger partial charge in [-0.1, -0.05) is 6.07 Å². The lowest BCUT2D eigenvalue weighted by Gasteiger charge is -2.13. The fourth-order valence-corrected chi connectivity index (χ4v) is 4.07. The zero-order chi connectivity index (χ0) is 19.7. The van der Waals surface area contributed by atoms with Gasteiger partial charge in [-0.25, -0.2) is 0 Å². The van der Waals surface area contributed by atoms with Crippen molar-refractivity contribution in [2.75, 3.05) is 0 Å². The van der Waals surface area contributed by atoms with Crippen molar-refractivity contribution in [3.63, 3.8) is 0 Å². The predicted octanol–water partition coefficient (Wildman–Crippen LogP) is 4.99. The maximum Gasteiger partial charge on any atom is 0.182 e. The van der Waals surface area contributed by atoms with E-state index in [1.807, 2.05) is 26.0 Å². The Bertz CT molecular complexity index is 1530. The molecule has 0 unspecified atom stereocenters. The molecule has 0 aliphatic carbocycles. The van der Waals surface area contributed by atoms with E-state index in [1.165, 1.54) is 6.07 Å². The van der Waals surface area contributed by atoms with E-state index in [-0.39, 0.29) is 22.7 Å². The SMILES string of the molecule is Cc1cc2cc(=O)cc(O)c2c2oc3cc4cc(O)cc(C)c4c(O)c3cc12. The van der Waals surface area contributed by atoms with Crippen LogP contribution in [0.1, 0.15) is 11.1 Å². The molecule has 0 fully saturated rings. The summed E-state index contributed by atoms with van der Waals surface area (Å²) in [7, 11) is 0. The van der Waals surface area contributed by atoms with Crippen molar-refractivity contribution in [1.82, 2.24) is 0 Å². The van der Waals surface area contributed by atoms with Gasteiger partial charge in [0.25, 0.3) is 0 Å². The molecule has 138 valence electrons. The van der Waals surface area contributed by atoms with Crippen LogP contribution in [-0.2, 0) is 0 Å². The van der Waals surface area contributed by atoms with Gasteiger partial charge in [-0.2, -0.15) is 0 Å². The van der Waals surface area contributed by atoms with Gasteiger partial charge in [0.2, 0.25) is 0 Å². The highest BCUT2D eigenvalue weighted by Crippen LogP contribution is 2.42. The highest BCUT2D eigenvalue weighted by Gasteiger charge is 2.16. The largest absolute Gasteiger partial charge is 0.508 e. The molecule has 3 N–H and O–H groups in total. The van der Waals surface area contributed by atoms with Gasteiger partial charge in [0, 0.05) is 16.8 Å². The van der Waals surface area contributed by atoms with E-state index in [2.05, 4.69) is 0 Å². The van der Waals surface area contributed by atoms with E-state index in [4.69, 9.17) is 4.42 Å². The lowest BCUT2D eigenvalue weighted by Crippen LogP contribution is -1.96. The third-order valence-electron chi connectivity index (χ3n) is 5.29. The number of phenolic OH excluding ortho intramolecular Hbond substituents is 3.